The van der Waals surface area contributed by atoms with Crippen LogP contribution in [0.4, 0.5) is 4.79 Å². The zero-order valence-corrected chi connectivity index (χ0v) is 17.4. The second-order valence-corrected chi connectivity index (χ2v) is 8.18. The summed E-state index contributed by atoms with van der Waals surface area (Å²) < 4.78 is 5.62. The van der Waals surface area contributed by atoms with Gasteiger partial charge in [-0.15, -0.1) is 0 Å². The van der Waals surface area contributed by atoms with Crippen LogP contribution in [0.25, 0.3) is 6.08 Å². The lowest BCUT2D eigenvalue weighted by atomic mass is 10.1. The van der Waals surface area contributed by atoms with Gasteiger partial charge in [0.2, 0.25) is 0 Å². The maximum Gasteiger partial charge on any atom is 0.293 e. The number of rotatable bonds is 7. The number of hydrogen-bond acceptors (Lipinski definition) is 4. The first-order valence-corrected chi connectivity index (χ1v) is 10.4. The Morgan fingerprint density at radius 1 is 1.14 bits per heavy atom. The van der Waals surface area contributed by atoms with Crippen LogP contribution < -0.4 is 4.74 Å². The Kier molecular flexibility index (Phi) is 6.81. The van der Waals surface area contributed by atoms with Crippen LogP contribution in [0.2, 0.25) is 5.02 Å². The Labute approximate surface area is 174 Å². The number of ether oxygens (including phenoxy) is 1. The zero-order chi connectivity index (χ0) is 20.1. The molecule has 1 aliphatic heterocycles. The number of carbonyl (C=O) groups excluding carboxylic acids is 2. The summed E-state index contributed by atoms with van der Waals surface area (Å²) in [6.07, 6.45) is 3.29. The molecule has 0 saturated carbocycles. The number of imide groups is 1. The number of carbonyl (C=O) groups is 2. The van der Waals surface area contributed by atoms with E-state index in [0.717, 1.165) is 30.2 Å². The van der Waals surface area contributed by atoms with Crippen LogP contribution in [0.1, 0.15) is 31.4 Å². The first-order chi connectivity index (χ1) is 13.4. The molecule has 0 spiro atoms. The van der Waals surface area contributed by atoms with Gasteiger partial charge in [-0.05, 0) is 67.8 Å². The van der Waals surface area contributed by atoms with Gasteiger partial charge in [-0.3, -0.25) is 14.5 Å². The Hall–Kier alpha value is -2.24. The highest BCUT2D eigenvalue weighted by Gasteiger charge is 2.34. The van der Waals surface area contributed by atoms with Gasteiger partial charge < -0.3 is 4.74 Å². The van der Waals surface area contributed by atoms with Crippen molar-refractivity contribution in [3.63, 3.8) is 0 Å². The molecule has 2 aromatic rings. The number of aryl methyl sites for hydroxylation is 1. The van der Waals surface area contributed by atoms with Gasteiger partial charge in [-0.2, -0.15) is 0 Å². The number of amides is 2. The summed E-state index contributed by atoms with van der Waals surface area (Å²) in [6.45, 7) is 4.27. The van der Waals surface area contributed by atoms with E-state index < -0.39 is 0 Å². The third kappa shape index (κ3) is 5.18. The Bertz CT molecular complexity index is 896. The molecule has 2 amide bonds. The normalized spacial score (nSPS) is 15.7. The minimum atomic E-state index is -0.248. The van der Waals surface area contributed by atoms with E-state index in [4.69, 9.17) is 16.3 Å². The fourth-order valence-electron chi connectivity index (χ4n) is 2.89. The molecule has 2 aromatic carbocycles. The first-order valence-electron chi connectivity index (χ1n) is 9.19. The average Bonchev–Trinajstić information content (AvgIpc) is 2.92. The van der Waals surface area contributed by atoms with Crippen LogP contribution in [-0.2, 0) is 11.2 Å². The Balaban J connectivity index is 1.64. The van der Waals surface area contributed by atoms with E-state index >= 15 is 0 Å². The zero-order valence-electron chi connectivity index (χ0n) is 15.9. The van der Waals surface area contributed by atoms with Crippen molar-refractivity contribution in [2.75, 3.05) is 6.54 Å². The van der Waals surface area contributed by atoms with E-state index in [1.165, 1.54) is 10.5 Å². The quantitative estimate of drug-likeness (QED) is 0.536. The van der Waals surface area contributed by atoms with Crippen LogP contribution >= 0.6 is 23.4 Å². The first kappa shape index (κ1) is 20.5. The van der Waals surface area contributed by atoms with Gasteiger partial charge >= 0.3 is 0 Å². The summed E-state index contributed by atoms with van der Waals surface area (Å²) in [4.78, 5) is 26.6. The molecule has 0 aromatic heterocycles. The van der Waals surface area contributed by atoms with Gasteiger partial charge in [0, 0.05) is 6.54 Å². The van der Waals surface area contributed by atoms with Crippen LogP contribution in [0.5, 0.6) is 5.75 Å². The van der Waals surface area contributed by atoms with E-state index in [1.807, 2.05) is 50.2 Å². The van der Waals surface area contributed by atoms with Crippen molar-refractivity contribution in [2.24, 2.45) is 0 Å². The van der Waals surface area contributed by atoms with Crippen molar-refractivity contribution in [3.8, 4) is 5.75 Å². The van der Waals surface area contributed by atoms with Crippen molar-refractivity contribution in [3.05, 3.63) is 69.6 Å². The second kappa shape index (κ2) is 9.30. The molecule has 28 heavy (non-hydrogen) atoms. The standard InChI is InChI=1S/C22H22ClNO3S/c1-15(2)27-19-11-10-17(13-18(19)23)14-20-21(25)24(22(26)28-20)12-6-9-16-7-4-3-5-8-16/h3-5,7-8,10-11,13-15H,6,9,12H2,1-2H3/b20-14+. The summed E-state index contributed by atoms with van der Waals surface area (Å²) in [6, 6.07) is 15.4. The van der Waals surface area contributed by atoms with E-state index in [0.29, 0.717) is 22.2 Å². The average molecular weight is 416 g/mol. The van der Waals surface area contributed by atoms with E-state index in [-0.39, 0.29) is 17.3 Å². The third-order valence-corrected chi connectivity index (χ3v) is 5.38. The largest absolute Gasteiger partial charge is 0.489 e. The van der Waals surface area contributed by atoms with Crippen molar-refractivity contribution >= 4 is 40.6 Å². The fraction of sp³-hybridized carbons (Fsp3) is 0.273. The number of nitrogens with zero attached hydrogens (tertiary/aromatic N) is 1. The van der Waals surface area contributed by atoms with Crippen LogP contribution in [0.3, 0.4) is 0 Å². The Morgan fingerprint density at radius 2 is 1.89 bits per heavy atom. The molecule has 6 heteroatoms. The number of halogens is 1. The molecule has 0 bridgehead atoms. The fourth-order valence-corrected chi connectivity index (χ4v) is 3.99. The number of benzene rings is 2. The molecule has 4 nitrogen and oxygen atoms in total. The van der Waals surface area contributed by atoms with Gasteiger partial charge in [0.15, 0.2) is 0 Å². The SMILES string of the molecule is CC(C)Oc1ccc(/C=C2/SC(=O)N(CCCc3ccccc3)C2=O)cc1Cl. The molecule has 146 valence electrons. The van der Waals surface area contributed by atoms with Crippen molar-refractivity contribution in [1.29, 1.82) is 0 Å². The minimum Gasteiger partial charge on any atom is -0.489 e. The smallest absolute Gasteiger partial charge is 0.293 e. The molecular weight excluding hydrogens is 394 g/mol. The maximum atomic E-state index is 12.6. The van der Waals surface area contributed by atoms with Crippen LogP contribution in [-0.4, -0.2) is 28.7 Å². The van der Waals surface area contributed by atoms with E-state index in [9.17, 15) is 9.59 Å². The summed E-state index contributed by atoms with van der Waals surface area (Å²) in [7, 11) is 0. The molecule has 0 atom stereocenters. The molecule has 1 heterocycles. The molecule has 0 unspecified atom stereocenters. The molecule has 0 radical (unpaired) electrons. The molecule has 0 aliphatic carbocycles. The predicted molar refractivity (Wildman–Crippen MR) is 115 cm³/mol. The van der Waals surface area contributed by atoms with Crippen molar-refractivity contribution < 1.29 is 14.3 Å². The second-order valence-electron chi connectivity index (χ2n) is 6.78. The molecule has 0 N–H and O–H groups in total. The number of hydrogen-bond donors (Lipinski definition) is 0. The van der Waals surface area contributed by atoms with Crippen molar-refractivity contribution in [1.82, 2.24) is 4.90 Å². The van der Waals surface area contributed by atoms with Gasteiger partial charge in [0.05, 0.1) is 16.0 Å². The summed E-state index contributed by atoms with van der Waals surface area (Å²) in [5, 5.41) is 0.250. The van der Waals surface area contributed by atoms with Gasteiger partial charge in [0.25, 0.3) is 11.1 Å². The lowest BCUT2D eigenvalue weighted by Crippen LogP contribution is -2.29. The summed E-state index contributed by atoms with van der Waals surface area (Å²) in [5.74, 6) is 0.351. The van der Waals surface area contributed by atoms with E-state index in [1.54, 1.807) is 18.2 Å². The predicted octanol–water partition coefficient (Wildman–Crippen LogP) is 5.80. The van der Waals surface area contributed by atoms with E-state index in [2.05, 4.69) is 0 Å². The summed E-state index contributed by atoms with van der Waals surface area (Å²) >= 11 is 7.22. The number of thioether (sulfide) groups is 1. The topological polar surface area (TPSA) is 46.6 Å². The van der Waals surface area contributed by atoms with Gasteiger partial charge in [0.1, 0.15) is 5.75 Å². The highest BCUT2D eigenvalue weighted by Crippen LogP contribution is 2.34. The van der Waals surface area contributed by atoms with Crippen molar-refractivity contribution in [2.45, 2.75) is 32.8 Å². The molecule has 1 aliphatic rings. The highest BCUT2D eigenvalue weighted by atomic mass is 35.5. The molecule has 1 saturated heterocycles. The lowest BCUT2D eigenvalue weighted by molar-refractivity contribution is -0.122. The maximum absolute atomic E-state index is 12.6. The van der Waals surface area contributed by atoms with Crippen LogP contribution in [0, 0.1) is 0 Å². The minimum absolute atomic E-state index is 0.0238. The van der Waals surface area contributed by atoms with Crippen LogP contribution in [0.15, 0.2) is 53.4 Å². The molecule has 3 rings (SSSR count). The molecular formula is C22H22ClNO3S. The lowest BCUT2D eigenvalue weighted by Gasteiger charge is -2.12. The molecule has 1 fully saturated rings. The highest BCUT2D eigenvalue weighted by molar-refractivity contribution is 8.18. The van der Waals surface area contributed by atoms with Gasteiger partial charge in [-0.25, -0.2) is 0 Å². The monoisotopic (exact) mass is 415 g/mol. The third-order valence-electron chi connectivity index (χ3n) is 4.18. The Morgan fingerprint density at radius 3 is 2.57 bits per heavy atom. The van der Waals surface area contributed by atoms with Gasteiger partial charge in [-0.1, -0.05) is 48.0 Å². The summed E-state index contributed by atoms with van der Waals surface area (Å²) in [5.41, 5.74) is 1.96.